The van der Waals surface area contributed by atoms with Gasteiger partial charge in [-0.15, -0.1) is 11.3 Å². The molecule has 0 saturated carbocycles. The molecule has 5 aromatic carbocycles. The monoisotopic (exact) mass is 478 g/mol. The highest BCUT2D eigenvalue weighted by Crippen LogP contribution is 2.50. The van der Waals surface area contributed by atoms with Gasteiger partial charge in [-0.1, -0.05) is 127 Å². The predicted octanol–water partition coefficient (Wildman–Crippen LogP) is 10.3. The van der Waals surface area contributed by atoms with E-state index in [1.54, 1.807) is 11.3 Å². The van der Waals surface area contributed by atoms with E-state index in [1.165, 1.54) is 37.2 Å². The molecule has 0 bridgehead atoms. The molecule has 0 fully saturated rings. The van der Waals surface area contributed by atoms with E-state index < -0.39 is 0 Å². The average Bonchev–Trinajstić information content (AvgIpc) is 3.53. The summed E-state index contributed by atoms with van der Waals surface area (Å²) in [6.45, 7) is 0. The van der Waals surface area contributed by atoms with E-state index in [0.717, 1.165) is 27.9 Å². The Hall–Kier alpha value is -4.40. The maximum Gasteiger partial charge on any atom is 0.153 e. The molecule has 0 atom stereocenters. The summed E-state index contributed by atoms with van der Waals surface area (Å²) in [7, 11) is 0. The Bertz CT molecular complexity index is 1820. The van der Waals surface area contributed by atoms with Gasteiger partial charge in [-0.05, 0) is 22.8 Å². The van der Waals surface area contributed by atoms with Crippen LogP contribution in [0.5, 0.6) is 0 Å². The summed E-state index contributed by atoms with van der Waals surface area (Å²) >= 11 is 1.80. The highest BCUT2D eigenvalue weighted by atomic mass is 32.1. The minimum absolute atomic E-state index is 0.913. The standard InChI is InChI=1S/C34H22OS/c1-3-13-23(14-4-1)25-17-7-8-18-26(25)32-27-19-9-10-20-28(27)33(35-32)34-31(24-15-5-2-6-16-24)29-21-11-12-22-30(29)36-34/h1-22H. The van der Waals surface area contributed by atoms with Crippen LogP contribution in [0.2, 0.25) is 0 Å². The van der Waals surface area contributed by atoms with Crippen molar-refractivity contribution in [2.24, 2.45) is 0 Å². The van der Waals surface area contributed by atoms with Gasteiger partial charge in [0.05, 0.1) is 4.88 Å². The SMILES string of the molecule is c1ccc(-c2ccccc2-c2oc(-c3sc4ccccc4c3-c3ccccc3)c3ccccc23)cc1. The van der Waals surface area contributed by atoms with E-state index in [9.17, 15) is 0 Å². The largest absolute Gasteiger partial charge is 0.454 e. The molecular weight excluding hydrogens is 456 g/mol. The van der Waals surface area contributed by atoms with Gasteiger partial charge in [0.25, 0.3) is 0 Å². The minimum atomic E-state index is 0.913. The molecule has 0 N–H and O–H groups in total. The molecule has 7 aromatic rings. The fourth-order valence-electron chi connectivity index (χ4n) is 5.11. The lowest BCUT2D eigenvalue weighted by Crippen LogP contribution is -1.83. The van der Waals surface area contributed by atoms with Crippen molar-refractivity contribution in [3.05, 3.63) is 133 Å². The van der Waals surface area contributed by atoms with Crippen LogP contribution in [-0.2, 0) is 0 Å². The number of fused-ring (bicyclic) bond motifs is 2. The second-order valence-electron chi connectivity index (χ2n) is 8.89. The van der Waals surface area contributed by atoms with Crippen molar-refractivity contribution >= 4 is 32.2 Å². The number of thiophene rings is 1. The number of hydrogen-bond donors (Lipinski definition) is 0. The molecule has 0 aliphatic rings. The number of hydrogen-bond acceptors (Lipinski definition) is 2. The van der Waals surface area contributed by atoms with Crippen molar-refractivity contribution < 1.29 is 4.42 Å². The quantitative estimate of drug-likeness (QED) is 0.245. The molecule has 7 rings (SSSR count). The van der Waals surface area contributed by atoms with Crippen molar-refractivity contribution in [3.8, 4) is 44.2 Å². The van der Waals surface area contributed by atoms with Crippen LogP contribution in [0, 0.1) is 0 Å². The molecule has 0 amide bonds. The fraction of sp³-hybridized carbons (Fsp3) is 0. The van der Waals surface area contributed by atoms with Gasteiger partial charge in [0.1, 0.15) is 5.76 Å². The lowest BCUT2D eigenvalue weighted by molar-refractivity contribution is 0.604. The second-order valence-corrected chi connectivity index (χ2v) is 9.94. The molecular formula is C34H22OS. The maximum absolute atomic E-state index is 6.90. The smallest absolute Gasteiger partial charge is 0.153 e. The lowest BCUT2D eigenvalue weighted by atomic mass is 9.96. The van der Waals surface area contributed by atoms with Crippen LogP contribution >= 0.6 is 11.3 Å². The topological polar surface area (TPSA) is 13.1 Å². The third kappa shape index (κ3) is 3.38. The van der Waals surface area contributed by atoms with Crippen molar-refractivity contribution in [3.63, 3.8) is 0 Å². The van der Waals surface area contributed by atoms with Gasteiger partial charge in [-0.25, -0.2) is 0 Å². The van der Waals surface area contributed by atoms with Crippen LogP contribution < -0.4 is 0 Å². The highest BCUT2D eigenvalue weighted by molar-refractivity contribution is 7.23. The first kappa shape index (κ1) is 20.9. The Morgan fingerprint density at radius 1 is 0.417 bits per heavy atom. The Labute approximate surface area is 213 Å². The van der Waals surface area contributed by atoms with Crippen molar-refractivity contribution in [2.75, 3.05) is 0 Å². The van der Waals surface area contributed by atoms with E-state index in [2.05, 4.69) is 133 Å². The first-order valence-electron chi connectivity index (χ1n) is 12.1. The van der Waals surface area contributed by atoms with Crippen molar-refractivity contribution in [1.82, 2.24) is 0 Å². The third-order valence-electron chi connectivity index (χ3n) is 6.74. The normalized spacial score (nSPS) is 11.3. The van der Waals surface area contributed by atoms with E-state index in [-0.39, 0.29) is 0 Å². The van der Waals surface area contributed by atoms with E-state index in [0.29, 0.717) is 0 Å². The minimum Gasteiger partial charge on any atom is -0.454 e. The van der Waals surface area contributed by atoms with Crippen LogP contribution in [0.1, 0.15) is 0 Å². The highest BCUT2D eigenvalue weighted by Gasteiger charge is 2.23. The van der Waals surface area contributed by atoms with Crippen LogP contribution in [0.4, 0.5) is 0 Å². The summed E-state index contributed by atoms with van der Waals surface area (Å²) < 4.78 is 8.16. The van der Waals surface area contributed by atoms with Crippen molar-refractivity contribution in [2.45, 2.75) is 0 Å². The Morgan fingerprint density at radius 2 is 0.944 bits per heavy atom. The molecule has 0 saturated heterocycles. The summed E-state index contributed by atoms with van der Waals surface area (Å²) in [4.78, 5) is 1.17. The molecule has 36 heavy (non-hydrogen) atoms. The van der Waals surface area contributed by atoms with Gasteiger partial charge in [0.2, 0.25) is 0 Å². The van der Waals surface area contributed by atoms with Gasteiger partial charge < -0.3 is 4.42 Å². The van der Waals surface area contributed by atoms with Crippen LogP contribution in [-0.4, -0.2) is 0 Å². The van der Waals surface area contributed by atoms with Crippen LogP contribution in [0.15, 0.2) is 138 Å². The van der Waals surface area contributed by atoms with Crippen LogP contribution in [0.3, 0.4) is 0 Å². The first-order chi connectivity index (χ1) is 17.9. The molecule has 0 aliphatic heterocycles. The van der Waals surface area contributed by atoms with Crippen molar-refractivity contribution in [1.29, 1.82) is 0 Å². The summed E-state index contributed by atoms with van der Waals surface area (Å²) in [5.74, 6) is 1.85. The number of benzene rings is 5. The Balaban J connectivity index is 1.53. The molecule has 2 aromatic heterocycles. The molecule has 170 valence electrons. The zero-order chi connectivity index (χ0) is 23.9. The lowest BCUT2D eigenvalue weighted by Gasteiger charge is -2.08. The Morgan fingerprint density at radius 3 is 1.67 bits per heavy atom. The summed E-state index contributed by atoms with van der Waals surface area (Å²) in [6.07, 6.45) is 0. The summed E-state index contributed by atoms with van der Waals surface area (Å²) in [5, 5.41) is 3.53. The molecule has 2 heterocycles. The van der Waals surface area contributed by atoms with Gasteiger partial charge in [-0.3, -0.25) is 0 Å². The zero-order valence-electron chi connectivity index (χ0n) is 19.5. The molecule has 1 nitrogen and oxygen atoms in total. The zero-order valence-corrected chi connectivity index (χ0v) is 20.3. The molecule has 0 aliphatic carbocycles. The average molecular weight is 479 g/mol. The van der Waals surface area contributed by atoms with Gasteiger partial charge in [-0.2, -0.15) is 0 Å². The van der Waals surface area contributed by atoms with Gasteiger partial charge in [0, 0.05) is 32.0 Å². The Kier molecular flexibility index (Phi) is 5.04. The van der Waals surface area contributed by atoms with Gasteiger partial charge in [0.15, 0.2) is 5.76 Å². The summed E-state index contributed by atoms with van der Waals surface area (Å²) in [5.41, 5.74) is 5.90. The molecule has 0 spiro atoms. The predicted molar refractivity (Wildman–Crippen MR) is 153 cm³/mol. The maximum atomic E-state index is 6.90. The van der Waals surface area contributed by atoms with Gasteiger partial charge >= 0.3 is 0 Å². The first-order valence-corrected chi connectivity index (χ1v) is 12.9. The number of furan rings is 1. The van der Waals surface area contributed by atoms with E-state index in [1.807, 2.05) is 0 Å². The van der Waals surface area contributed by atoms with Crippen LogP contribution in [0.25, 0.3) is 65.1 Å². The second kappa shape index (κ2) is 8.67. The molecule has 0 unspecified atom stereocenters. The molecule has 0 radical (unpaired) electrons. The van der Waals surface area contributed by atoms with E-state index >= 15 is 0 Å². The number of rotatable bonds is 4. The fourth-order valence-corrected chi connectivity index (χ4v) is 6.33. The third-order valence-corrected chi connectivity index (χ3v) is 7.91. The molecule has 2 heteroatoms. The van der Waals surface area contributed by atoms with E-state index in [4.69, 9.17) is 4.42 Å². The summed E-state index contributed by atoms with van der Waals surface area (Å²) in [6, 6.07) is 46.9.